The van der Waals surface area contributed by atoms with Gasteiger partial charge in [0.2, 0.25) is 11.7 Å². The third-order valence-corrected chi connectivity index (χ3v) is 5.01. The number of carbonyl (C=O) groups is 4. The molecule has 1 aliphatic heterocycles. The van der Waals surface area contributed by atoms with E-state index in [2.05, 4.69) is 10.3 Å². The number of aromatic amines is 1. The molecule has 1 atom stereocenters. The van der Waals surface area contributed by atoms with Crippen molar-refractivity contribution in [2.45, 2.75) is 19.6 Å². The van der Waals surface area contributed by atoms with E-state index in [0.717, 1.165) is 15.8 Å². The van der Waals surface area contributed by atoms with Crippen LogP contribution in [0, 0.1) is 0 Å². The van der Waals surface area contributed by atoms with Crippen molar-refractivity contribution in [3.63, 3.8) is 0 Å². The standard InChI is InChI=1S/C22H19N3O5/c1-13(20(27)17-10-23-18-9-5-4-8-16(17)18)30-21(28)15-7-3-2-6-14(15)12-25-19(26)11-24-22(25)29/h2-10,13,23H,11-12H2,1H3,(H,24,29)/t13-/m0/s1. The van der Waals surface area contributed by atoms with Crippen molar-refractivity contribution >= 4 is 34.6 Å². The molecule has 0 unspecified atom stereocenters. The Balaban J connectivity index is 1.52. The second-order valence-electron chi connectivity index (χ2n) is 6.96. The molecule has 1 saturated heterocycles. The first-order chi connectivity index (χ1) is 14.5. The molecule has 3 amide bonds. The molecule has 8 nitrogen and oxygen atoms in total. The van der Waals surface area contributed by atoms with Crippen LogP contribution in [-0.2, 0) is 16.1 Å². The molecule has 2 N–H and O–H groups in total. The first-order valence-electron chi connectivity index (χ1n) is 9.43. The maximum absolute atomic E-state index is 12.8. The molecule has 0 bridgehead atoms. The lowest BCUT2D eigenvalue weighted by molar-refractivity contribution is -0.125. The molecular weight excluding hydrogens is 386 g/mol. The Labute approximate surface area is 171 Å². The van der Waals surface area contributed by atoms with Gasteiger partial charge in [-0.15, -0.1) is 0 Å². The van der Waals surface area contributed by atoms with E-state index in [1.54, 1.807) is 30.5 Å². The highest BCUT2D eigenvalue weighted by atomic mass is 16.5. The molecule has 8 heteroatoms. The summed E-state index contributed by atoms with van der Waals surface area (Å²) < 4.78 is 5.42. The van der Waals surface area contributed by atoms with Crippen LogP contribution in [0.1, 0.15) is 33.2 Å². The number of aromatic nitrogens is 1. The number of Topliss-reactive ketones (excluding diaryl/α,β-unsaturated/α-hetero) is 1. The molecule has 0 saturated carbocycles. The minimum atomic E-state index is -1.01. The zero-order valence-corrected chi connectivity index (χ0v) is 16.2. The zero-order chi connectivity index (χ0) is 21.3. The van der Waals surface area contributed by atoms with Crippen molar-refractivity contribution in [3.8, 4) is 0 Å². The van der Waals surface area contributed by atoms with E-state index in [9.17, 15) is 19.2 Å². The Bertz CT molecular complexity index is 1150. The Morgan fingerprint density at radius 1 is 1.07 bits per heavy atom. The molecule has 1 aromatic heterocycles. The van der Waals surface area contributed by atoms with Gasteiger partial charge in [-0.1, -0.05) is 36.4 Å². The van der Waals surface area contributed by atoms with E-state index in [1.165, 1.54) is 6.92 Å². The fourth-order valence-electron chi connectivity index (χ4n) is 3.41. The van der Waals surface area contributed by atoms with Crippen molar-refractivity contribution in [1.82, 2.24) is 15.2 Å². The second kappa shape index (κ2) is 7.82. The molecule has 1 fully saturated rings. The SMILES string of the molecule is C[C@H](OC(=O)c1ccccc1CN1C(=O)CNC1=O)C(=O)c1c[nH]c2ccccc12. The Morgan fingerprint density at radius 3 is 2.57 bits per heavy atom. The van der Waals surface area contributed by atoms with E-state index in [-0.39, 0.29) is 30.3 Å². The highest BCUT2D eigenvalue weighted by Gasteiger charge is 2.30. The first-order valence-corrected chi connectivity index (χ1v) is 9.43. The van der Waals surface area contributed by atoms with Gasteiger partial charge < -0.3 is 15.0 Å². The number of nitrogens with one attached hydrogen (secondary N) is 2. The average Bonchev–Trinajstić information content (AvgIpc) is 3.32. The first kappa shape index (κ1) is 19.4. The van der Waals surface area contributed by atoms with Crippen LogP contribution in [0.2, 0.25) is 0 Å². The van der Waals surface area contributed by atoms with Gasteiger partial charge in [0.05, 0.1) is 18.7 Å². The molecule has 152 valence electrons. The number of hydrogen-bond donors (Lipinski definition) is 2. The van der Waals surface area contributed by atoms with E-state index in [1.807, 2.05) is 24.3 Å². The van der Waals surface area contributed by atoms with E-state index in [0.29, 0.717) is 11.1 Å². The second-order valence-corrected chi connectivity index (χ2v) is 6.96. The molecule has 2 heterocycles. The summed E-state index contributed by atoms with van der Waals surface area (Å²) in [4.78, 5) is 53.3. The Hall–Kier alpha value is -3.94. The van der Waals surface area contributed by atoms with Crippen LogP contribution >= 0.6 is 0 Å². The lowest BCUT2D eigenvalue weighted by Gasteiger charge is -2.17. The summed E-state index contributed by atoms with van der Waals surface area (Å²) in [5, 5.41) is 3.19. The number of hydrogen-bond acceptors (Lipinski definition) is 5. The number of amides is 3. The maximum Gasteiger partial charge on any atom is 0.339 e. The number of fused-ring (bicyclic) bond motifs is 1. The van der Waals surface area contributed by atoms with Crippen LogP contribution in [0.5, 0.6) is 0 Å². The van der Waals surface area contributed by atoms with Crippen LogP contribution in [0.3, 0.4) is 0 Å². The number of carbonyl (C=O) groups excluding carboxylic acids is 4. The highest BCUT2D eigenvalue weighted by molar-refractivity contribution is 6.10. The molecule has 1 aliphatic rings. The number of ketones is 1. The fraction of sp³-hybridized carbons (Fsp3) is 0.182. The van der Waals surface area contributed by atoms with Crippen LogP contribution in [0.4, 0.5) is 4.79 Å². The van der Waals surface area contributed by atoms with Gasteiger partial charge >= 0.3 is 12.0 Å². The van der Waals surface area contributed by atoms with Crippen LogP contribution in [0.15, 0.2) is 54.7 Å². The quantitative estimate of drug-likeness (QED) is 0.372. The monoisotopic (exact) mass is 405 g/mol. The van der Waals surface area contributed by atoms with Gasteiger partial charge in [0.25, 0.3) is 0 Å². The number of urea groups is 1. The van der Waals surface area contributed by atoms with E-state index < -0.39 is 18.1 Å². The number of rotatable bonds is 6. The Morgan fingerprint density at radius 2 is 1.80 bits per heavy atom. The minimum Gasteiger partial charge on any atom is -0.451 e. The summed E-state index contributed by atoms with van der Waals surface area (Å²) in [6, 6.07) is 13.4. The van der Waals surface area contributed by atoms with Crippen LogP contribution in [0.25, 0.3) is 10.9 Å². The van der Waals surface area contributed by atoms with Gasteiger partial charge in [-0.05, 0) is 24.6 Å². The van der Waals surface area contributed by atoms with E-state index >= 15 is 0 Å². The average molecular weight is 405 g/mol. The number of imide groups is 1. The van der Waals surface area contributed by atoms with Crippen molar-refractivity contribution in [2.24, 2.45) is 0 Å². The summed E-state index contributed by atoms with van der Waals surface area (Å²) in [5.41, 5.74) is 1.92. The minimum absolute atomic E-state index is 0.0548. The summed E-state index contributed by atoms with van der Waals surface area (Å²) in [5.74, 6) is -1.39. The molecule has 0 radical (unpaired) electrons. The van der Waals surface area contributed by atoms with Crippen molar-refractivity contribution in [2.75, 3.05) is 6.54 Å². The third kappa shape index (κ3) is 3.55. The largest absolute Gasteiger partial charge is 0.451 e. The van der Waals surface area contributed by atoms with Crippen LogP contribution in [-0.4, -0.2) is 46.2 Å². The molecule has 0 aliphatic carbocycles. The van der Waals surface area contributed by atoms with Gasteiger partial charge in [-0.25, -0.2) is 9.59 Å². The lowest BCUT2D eigenvalue weighted by Crippen LogP contribution is -2.31. The summed E-state index contributed by atoms with van der Waals surface area (Å²) in [6.45, 7) is 1.39. The predicted octanol–water partition coefficient (Wildman–Crippen LogP) is 2.65. The van der Waals surface area contributed by atoms with Gasteiger partial charge in [-0.2, -0.15) is 0 Å². The van der Waals surface area contributed by atoms with Crippen LogP contribution < -0.4 is 5.32 Å². The number of ether oxygens (including phenoxy) is 1. The number of esters is 1. The normalized spacial score (nSPS) is 14.6. The zero-order valence-electron chi connectivity index (χ0n) is 16.2. The maximum atomic E-state index is 12.8. The van der Waals surface area contributed by atoms with Gasteiger partial charge in [-0.3, -0.25) is 14.5 Å². The lowest BCUT2D eigenvalue weighted by atomic mass is 10.1. The molecule has 30 heavy (non-hydrogen) atoms. The van der Waals surface area contributed by atoms with Gasteiger partial charge in [0.1, 0.15) is 0 Å². The topological polar surface area (TPSA) is 109 Å². The number of H-pyrrole nitrogens is 1. The number of para-hydroxylation sites is 1. The summed E-state index contributed by atoms with van der Waals surface area (Å²) >= 11 is 0. The van der Waals surface area contributed by atoms with Crippen molar-refractivity contribution in [1.29, 1.82) is 0 Å². The third-order valence-electron chi connectivity index (χ3n) is 5.01. The predicted molar refractivity (Wildman–Crippen MR) is 108 cm³/mol. The highest BCUT2D eigenvalue weighted by Crippen LogP contribution is 2.21. The number of benzene rings is 2. The molecule has 0 spiro atoms. The molecule has 2 aromatic carbocycles. The smallest absolute Gasteiger partial charge is 0.339 e. The summed E-state index contributed by atoms with van der Waals surface area (Å²) in [7, 11) is 0. The van der Waals surface area contributed by atoms with Gasteiger partial charge in [0, 0.05) is 22.7 Å². The molecular formula is C22H19N3O5. The van der Waals surface area contributed by atoms with Gasteiger partial charge in [0.15, 0.2) is 6.10 Å². The van der Waals surface area contributed by atoms with Crippen molar-refractivity contribution in [3.05, 3.63) is 71.4 Å². The van der Waals surface area contributed by atoms with Crippen molar-refractivity contribution < 1.29 is 23.9 Å². The Kier molecular flexibility index (Phi) is 5.05. The molecule has 3 aromatic rings. The summed E-state index contributed by atoms with van der Waals surface area (Å²) in [6.07, 6.45) is 0.588. The number of nitrogens with zero attached hydrogens (tertiary/aromatic N) is 1. The van der Waals surface area contributed by atoms with E-state index in [4.69, 9.17) is 4.74 Å². The molecule has 4 rings (SSSR count). The fourth-order valence-corrected chi connectivity index (χ4v) is 3.41.